The number of nitro benzene ring substituents is 1. The van der Waals surface area contributed by atoms with Crippen LogP contribution in [0.3, 0.4) is 0 Å². The van der Waals surface area contributed by atoms with E-state index in [1.165, 1.54) is 13.2 Å². The number of benzene rings is 2. The molecule has 0 heterocycles. The predicted molar refractivity (Wildman–Crippen MR) is 91.5 cm³/mol. The number of methoxy groups -OCH3 is 1. The summed E-state index contributed by atoms with van der Waals surface area (Å²) in [6.07, 6.45) is 2.07. The minimum absolute atomic E-state index is 0.00430. The summed E-state index contributed by atoms with van der Waals surface area (Å²) in [5.74, 6) is -2.58. The topological polar surface area (TPSA) is 73.6 Å². The number of ether oxygens (including phenoxy) is 2. The third-order valence-electron chi connectivity index (χ3n) is 4.25. The van der Waals surface area contributed by atoms with Crippen molar-refractivity contribution in [2.75, 3.05) is 19.0 Å². The summed E-state index contributed by atoms with van der Waals surface area (Å²) >= 11 is 0. The number of nitro groups is 1. The zero-order chi connectivity index (χ0) is 19.6. The summed E-state index contributed by atoms with van der Waals surface area (Å²) in [6, 6.07) is 4.11. The van der Waals surface area contributed by atoms with Crippen molar-refractivity contribution in [3.05, 3.63) is 57.4 Å². The molecule has 1 aliphatic carbocycles. The fraction of sp³-hybridized carbons (Fsp3) is 0.333. The summed E-state index contributed by atoms with van der Waals surface area (Å²) in [4.78, 5) is 10.0. The van der Waals surface area contributed by atoms with Crippen LogP contribution < -0.4 is 14.8 Å². The van der Waals surface area contributed by atoms with E-state index in [4.69, 9.17) is 9.47 Å². The molecule has 0 atom stereocenters. The molecule has 2 aromatic rings. The van der Waals surface area contributed by atoms with E-state index < -0.39 is 28.1 Å². The standard InChI is InChI=1S/C18H17F3N2O4/c1-26-17-6-13(20)15(23(24)25)7-14(17)22-8-11-16(27-9-10-2-3-10)5-4-12(19)18(11)21/h4-7,10,22H,2-3,8-9H2,1H3. The van der Waals surface area contributed by atoms with E-state index in [2.05, 4.69) is 5.32 Å². The van der Waals surface area contributed by atoms with Crippen molar-refractivity contribution < 1.29 is 27.6 Å². The Balaban J connectivity index is 1.86. The Morgan fingerprint density at radius 3 is 2.56 bits per heavy atom. The van der Waals surface area contributed by atoms with Crippen molar-refractivity contribution in [3.63, 3.8) is 0 Å². The molecule has 144 valence electrons. The third-order valence-corrected chi connectivity index (χ3v) is 4.25. The summed E-state index contributed by atoms with van der Waals surface area (Å²) in [5, 5.41) is 13.7. The number of hydrogen-bond acceptors (Lipinski definition) is 5. The average Bonchev–Trinajstić information content (AvgIpc) is 3.46. The van der Waals surface area contributed by atoms with Crippen LogP contribution >= 0.6 is 0 Å². The van der Waals surface area contributed by atoms with Crippen molar-refractivity contribution in [1.82, 2.24) is 0 Å². The largest absolute Gasteiger partial charge is 0.494 e. The number of nitrogens with zero attached hydrogens (tertiary/aromatic N) is 1. The zero-order valence-corrected chi connectivity index (χ0v) is 14.4. The Kier molecular flexibility index (Phi) is 5.38. The van der Waals surface area contributed by atoms with E-state index in [1.54, 1.807) is 0 Å². The normalized spacial score (nSPS) is 13.3. The molecule has 2 aromatic carbocycles. The second-order valence-electron chi connectivity index (χ2n) is 6.21. The van der Waals surface area contributed by atoms with Gasteiger partial charge in [0, 0.05) is 18.7 Å². The molecule has 0 bridgehead atoms. The third kappa shape index (κ3) is 4.24. The zero-order valence-electron chi connectivity index (χ0n) is 14.4. The molecule has 0 unspecified atom stereocenters. The van der Waals surface area contributed by atoms with Gasteiger partial charge in [0.05, 0.1) is 29.9 Å². The molecule has 1 N–H and O–H groups in total. The van der Waals surface area contributed by atoms with Gasteiger partial charge >= 0.3 is 5.69 Å². The molecular formula is C18H17F3N2O4. The van der Waals surface area contributed by atoms with Gasteiger partial charge in [-0.1, -0.05) is 0 Å². The first-order chi connectivity index (χ1) is 12.9. The quantitative estimate of drug-likeness (QED) is 0.540. The van der Waals surface area contributed by atoms with E-state index in [-0.39, 0.29) is 29.3 Å². The Morgan fingerprint density at radius 2 is 1.93 bits per heavy atom. The van der Waals surface area contributed by atoms with Gasteiger partial charge in [0.2, 0.25) is 5.82 Å². The highest BCUT2D eigenvalue weighted by molar-refractivity contribution is 5.62. The van der Waals surface area contributed by atoms with E-state index in [0.29, 0.717) is 12.5 Å². The monoisotopic (exact) mass is 382 g/mol. The summed E-state index contributed by atoms with van der Waals surface area (Å²) in [7, 11) is 1.26. The van der Waals surface area contributed by atoms with Crippen LogP contribution in [-0.2, 0) is 6.54 Å². The Bertz CT molecular complexity index is 872. The highest BCUT2D eigenvalue weighted by Crippen LogP contribution is 2.34. The molecular weight excluding hydrogens is 365 g/mol. The summed E-state index contributed by atoms with van der Waals surface area (Å²) < 4.78 is 52.2. The Morgan fingerprint density at radius 1 is 1.19 bits per heavy atom. The van der Waals surface area contributed by atoms with Crippen molar-refractivity contribution >= 4 is 11.4 Å². The number of halogens is 3. The summed E-state index contributed by atoms with van der Waals surface area (Å²) in [5.41, 5.74) is -0.754. The maximum absolute atomic E-state index is 14.3. The minimum atomic E-state index is -1.08. The molecule has 9 heteroatoms. The van der Waals surface area contributed by atoms with Gasteiger partial charge in [0.1, 0.15) is 11.5 Å². The lowest BCUT2D eigenvalue weighted by atomic mass is 10.1. The average molecular weight is 382 g/mol. The van der Waals surface area contributed by atoms with Crippen LogP contribution in [0.2, 0.25) is 0 Å². The second-order valence-corrected chi connectivity index (χ2v) is 6.21. The molecule has 1 aliphatic rings. The maximum Gasteiger partial charge on any atom is 0.307 e. The van der Waals surface area contributed by atoms with Gasteiger partial charge in [0.15, 0.2) is 11.6 Å². The number of rotatable bonds is 8. The first-order valence-corrected chi connectivity index (χ1v) is 8.26. The molecule has 0 radical (unpaired) electrons. The lowest BCUT2D eigenvalue weighted by molar-refractivity contribution is -0.387. The Hall–Kier alpha value is -2.97. The first kappa shape index (κ1) is 18.8. The lowest BCUT2D eigenvalue weighted by Gasteiger charge is -2.15. The van der Waals surface area contributed by atoms with E-state index in [1.807, 2.05) is 0 Å². The molecule has 6 nitrogen and oxygen atoms in total. The summed E-state index contributed by atoms with van der Waals surface area (Å²) in [6.45, 7) is 0.173. The van der Waals surface area contributed by atoms with Crippen LogP contribution in [0.5, 0.6) is 11.5 Å². The van der Waals surface area contributed by atoms with Crippen molar-refractivity contribution in [3.8, 4) is 11.5 Å². The molecule has 0 amide bonds. The predicted octanol–water partition coefficient (Wildman–Crippen LogP) is 4.42. The molecule has 0 aromatic heterocycles. The fourth-order valence-corrected chi connectivity index (χ4v) is 2.54. The molecule has 27 heavy (non-hydrogen) atoms. The van der Waals surface area contributed by atoms with Gasteiger partial charge in [-0.2, -0.15) is 4.39 Å². The van der Waals surface area contributed by atoms with Gasteiger partial charge in [-0.05, 0) is 30.9 Å². The van der Waals surface area contributed by atoms with Crippen molar-refractivity contribution in [2.24, 2.45) is 5.92 Å². The van der Waals surface area contributed by atoms with Gasteiger partial charge in [0.25, 0.3) is 0 Å². The molecule has 0 saturated heterocycles. The van der Waals surface area contributed by atoms with Gasteiger partial charge < -0.3 is 14.8 Å². The highest BCUT2D eigenvalue weighted by Gasteiger charge is 2.24. The van der Waals surface area contributed by atoms with Gasteiger partial charge in [-0.25, -0.2) is 8.78 Å². The van der Waals surface area contributed by atoms with E-state index in [0.717, 1.165) is 31.0 Å². The second kappa shape index (κ2) is 7.73. The maximum atomic E-state index is 14.3. The Labute approximate surface area is 153 Å². The van der Waals surface area contributed by atoms with Crippen molar-refractivity contribution in [1.29, 1.82) is 0 Å². The first-order valence-electron chi connectivity index (χ1n) is 8.26. The van der Waals surface area contributed by atoms with Crippen LogP contribution in [0.15, 0.2) is 24.3 Å². The highest BCUT2D eigenvalue weighted by atomic mass is 19.2. The number of nitrogens with one attached hydrogen (secondary N) is 1. The van der Waals surface area contributed by atoms with Crippen LogP contribution in [0.1, 0.15) is 18.4 Å². The molecule has 3 rings (SSSR count). The van der Waals surface area contributed by atoms with E-state index >= 15 is 0 Å². The molecule has 0 aliphatic heterocycles. The SMILES string of the molecule is COc1cc(F)c([N+](=O)[O-])cc1NCc1c(OCC2CC2)ccc(F)c1F. The molecule has 1 saturated carbocycles. The molecule has 1 fully saturated rings. The lowest BCUT2D eigenvalue weighted by Crippen LogP contribution is -2.09. The fourth-order valence-electron chi connectivity index (χ4n) is 2.54. The van der Waals surface area contributed by atoms with Crippen LogP contribution in [0.25, 0.3) is 0 Å². The van der Waals surface area contributed by atoms with Crippen molar-refractivity contribution in [2.45, 2.75) is 19.4 Å². The van der Waals surface area contributed by atoms with E-state index in [9.17, 15) is 23.3 Å². The van der Waals surface area contributed by atoms with Crippen LogP contribution in [0, 0.1) is 33.5 Å². The number of hydrogen-bond donors (Lipinski definition) is 1. The smallest absolute Gasteiger partial charge is 0.307 e. The van der Waals surface area contributed by atoms with Gasteiger partial charge in [-0.3, -0.25) is 10.1 Å². The molecule has 0 spiro atoms. The van der Waals surface area contributed by atoms with Crippen LogP contribution in [0.4, 0.5) is 24.5 Å². The van der Waals surface area contributed by atoms with Crippen LogP contribution in [-0.4, -0.2) is 18.6 Å². The minimum Gasteiger partial charge on any atom is -0.494 e. The van der Waals surface area contributed by atoms with Gasteiger partial charge in [-0.15, -0.1) is 0 Å². The number of anilines is 1.